The Bertz CT molecular complexity index is 532. The molecule has 0 spiro atoms. The molecule has 2 rings (SSSR count). The zero-order valence-corrected chi connectivity index (χ0v) is 11.0. The normalized spacial score (nSPS) is 27.1. The van der Waals surface area contributed by atoms with Crippen LogP contribution in [0.4, 0.5) is 0 Å². The first-order chi connectivity index (χ1) is 8.34. The van der Waals surface area contributed by atoms with Gasteiger partial charge in [0.1, 0.15) is 6.04 Å². The molecule has 4 nitrogen and oxygen atoms in total. The number of amides is 1. The minimum atomic E-state index is -1.06. The molecule has 2 unspecified atom stereocenters. The van der Waals surface area contributed by atoms with Crippen LogP contribution in [0, 0.1) is 0 Å². The lowest BCUT2D eigenvalue weighted by Crippen LogP contribution is -2.44. The van der Waals surface area contributed by atoms with Crippen LogP contribution in [0.2, 0.25) is 10.0 Å². The number of hydrogen-bond donors (Lipinski definition) is 2. The molecule has 0 aliphatic carbocycles. The minimum Gasteiger partial charge on any atom is -0.480 e. The summed E-state index contributed by atoms with van der Waals surface area (Å²) in [7, 11) is 0. The Morgan fingerprint density at radius 2 is 2.11 bits per heavy atom. The van der Waals surface area contributed by atoms with E-state index in [0.29, 0.717) is 15.6 Å². The monoisotopic (exact) mass is 287 g/mol. The molecule has 1 amide bonds. The molecule has 0 aromatic heterocycles. The predicted octanol–water partition coefficient (Wildman–Crippen LogP) is 2.22. The largest absolute Gasteiger partial charge is 0.480 e. The molecule has 1 heterocycles. The van der Waals surface area contributed by atoms with Crippen molar-refractivity contribution in [2.45, 2.75) is 24.8 Å². The van der Waals surface area contributed by atoms with Gasteiger partial charge in [-0.1, -0.05) is 36.2 Å². The summed E-state index contributed by atoms with van der Waals surface area (Å²) < 4.78 is 0. The maximum Gasteiger partial charge on any atom is 0.327 e. The third-order valence-corrected chi connectivity index (χ3v) is 4.04. The Hall–Kier alpha value is -1.26. The molecule has 1 fully saturated rings. The zero-order chi connectivity index (χ0) is 13.5. The second-order valence-corrected chi connectivity index (χ2v) is 5.38. The lowest BCUT2D eigenvalue weighted by atomic mass is 9.76. The number of carbonyl (C=O) groups is 2. The fourth-order valence-electron chi connectivity index (χ4n) is 2.26. The van der Waals surface area contributed by atoms with Gasteiger partial charge in [-0.2, -0.15) is 0 Å². The van der Waals surface area contributed by atoms with Crippen LogP contribution in [0.25, 0.3) is 0 Å². The predicted molar refractivity (Wildman–Crippen MR) is 68.0 cm³/mol. The summed E-state index contributed by atoms with van der Waals surface area (Å²) in [4.78, 5) is 22.7. The average molecular weight is 288 g/mol. The van der Waals surface area contributed by atoms with Gasteiger partial charge < -0.3 is 10.4 Å². The summed E-state index contributed by atoms with van der Waals surface area (Å²) in [6, 6.07) is 3.96. The van der Waals surface area contributed by atoms with Crippen molar-refractivity contribution in [2.24, 2.45) is 0 Å². The fourth-order valence-corrected chi connectivity index (χ4v) is 2.56. The summed E-state index contributed by atoms with van der Waals surface area (Å²) >= 11 is 11.8. The van der Waals surface area contributed by atoms with E-state index in [9.17, 15) is 14.7 Å². The molecule has 1 aliphatic rings. The van der Waals surface area contributed by atoms with Gasteiger partial charge in [0.2, 0.25) is 5.91 Å². The van der Waals surface area contributed by atoms with Gasteiger partial charge in [-0.3, -0.25) is 4.79 Å². The maximum absolute atomic E-state index is 11.5. The van der Waals surface area contributed by atoms with Gasteiger partial charge in [-0.05, 0) is 17.7 Å². The van der Waals surface area contributed by atoms with Crippen LogP contribution >= 0.6 is 23.2 Å². The molecule has 2 atom stereocenters. The van der Waals surface area contributed by atoms with Crippen LogP contribution in [0.15, 0.2) is 18.2 Å². The highest BCUT2D eigenvalue weighted by atomic mass is 35.5. The SMILES string of the molecule is CC1(c2ccc(Cl)c(Cl)c2)CC(=O)NC1C(=O)O. The number of nitrogens with one attached hydrogen (secondary N) is 1. The Kier molecular flexibility index (Phi) is 3.25. The molecule has 6 heteroatoms. The number of aliphatic carboxylic acids is 1. The number of carboxylic acid groups (broad SMARTS) is 1. The average Bonchev–Trinajstić information content (AvgIpc) is 2.59. The van der Waals surface area contributed by atoms with Crippen molar-refractivity contribution in [3.8, 4) is 0 Å². The number of carbonyl (C=O) groups excluding carboxylic acids is 1. The quantitative estimate of drug-likeness (QED) is 0.877. The maximum atomic E-state index is 11.5. The van der Waals surface area contributed by atoms with Crippen LogP contribution in [0.3, 0.4) is 0 Å². The number of halogens is 2. The molecule has 0 saturated carbocycles. The van der Waals surface area contributed by atoms with Crippen LogP contribution in [0.5, 0.6) is 0 Å². The van der Waals surface area contributed by atoms with Gasteiger partial charge >= 0.3 is 5.97 Å². The molecule has 18 heavy (non-hydrogen) atoms. The van der Waals surface area contributed by atoms with E-state index in [-0.39, 0.29) is 12.3 Å². The van der Waals surface area contributed by atoms with Crippen molar-refractivity contribution in [3.05, 3.63) is 33.8 Å². The Morgan fingerprint density at radius 3 is 2.67 bits per heavy atom. The second-order valence-electron chi connectivity index (χ2n) is 4.56. The first-order valence-corrected chi connectivity index (χ1v) is 6.08. The van der Waals surface area contributed by atoms with E-state index in [2.05, 4.69) is 5.32 Å². The van der Waals surface area contributed by atoms with E-state index in [4.69, 9.17) is 23.2 Å². The smallest absolute Gasteiger partial charge is 0.327 e. The number of rotatable bonds is 2. The molecule has 0 bridgehead atoms. The molecule has 1 aromatic carbocycles. The zero-order valence-electron chi connectivity index (χ0n) is 9.54. The van der Waals surface area contributed by atoms with Gasteiger partial charge in [0, 0.05) is 11.8 Å². The minimum absolute atomic E-state index is 0.113. The first-order valence-electron chi connectivity index (χ1n) is 5.32. The van der Waals surface area contributed by atoms with Crippen molar-refractivity contribution < 1.29 is 14.7 Å². The van der Waals surface area contributed by atoms with Gasteiger partial charge in [-0.25, -0.2) is 4.79 Å². The van der Waals surface area contributed by atoms with Crippen molar-refractivity contribution in [3.63, 3.8) is 0 Å². The lowest BCUT2D eigenvalue weighted by molar-refractivity contribution is -0.141. The standard InChI is InChI=1S/C12H11Cl2NO3/c1-12(5-9(16)15-10(12)11(17)18)6-2-3-7(13)8(14)4-6/h2-4,10H,5H2,1H3,(H,15,16)(H,17,18). The highest BCUT2D eigenvalue weighted by Crippen LogP contribution is 2.38. The molecular weight excluding hydrogens is 277 g/mol. The molecule has 96 valence electrons. The van der Waals surface area contributed by atoms with E-state index in [1.165, 1.54) is 0 Å². The van der Waals surface area contributed by atoms with Crippen molar-refractivity contribution in [1.82, 2.24) is 5.32 Å². The summed E-state index contributed by atoms with van der Waals surface area (Å²) in [5.41, 5.74) is -0.139. The Labute approximate surface area is 114 Å². The van der Waals surface area contributed by atoms with Crippen molar-refractivity contribution in [2.75, 3.05) is 0 Å². The molecule has 1 saturated heterocycles. The fraction of sp³-hybridized carbons (Fsp3) is 0.333. The summed E-state index contributed by atoms with van der Waals surface area (Å²) in [6.07, 6.45) is 0.113. The van der Waals surface area contributed by atoms with Gasteiger partial charge in [-0.15, -0.1) is 0 Å². The van der Waals surface area contributed by atoms with E-state index in [1.807, 2.05) is 0 Å². The third kappa shape index (κ3) is 2.06. The van der Waals surface area contributed by atoms with E-state index in [0.717, 1.165) is 0 Å². The Balaban J connectivity index is 2.48. The first kappa shape index (κ1) is 13.2. The molecule has 0 radical (unpaired) electrons. The summed E-state index contributed by atoms with van der Waals surface area (Å²) in [6.45, 7) is 1.73. The van der Waals surface area contributed by atoms with Gasteiger partial charge in [0.25, 0.3) is 0 Å². The van der Waals surface area contributed by atoms with Crippen molar-refractivity contribution in [1.29, 1.82) is 0 Å². The van der Waals surface area contributed by atoms with E-state index in [1.54, 1.807) is 25.1 Å². The van der Waals surface area contributed by atoms with Crippen LogP contribution < -0.4 is 5.32 Å². The molecular formula is C12H11Cl2NO3. The lowest BCUT2D eigenvalue weighted by Gasteiger charge is -2.28. The Morgan fingerprint density at radius 1 is 1.44 bits per heavy atom. The van der Waals surface area contributed by atoms with E-state index < -0.39 is 17.4 Å². The van der Waals surface area contributed by atoms with Crippen molar-refractivity contribution >= 4 is 35.1 Å². The summed E-state index contributed by atoms with van der Waals surface area (Å²) in [5.74, 6) is -1.34. The van der Waals surface area contributed by atoms with Crippen LogP contribution in [0.1, 0.15) is 18.9 Å². The topological polar surface area (TPSA) is 66.4 Å². The van der Waals surface area contributed by atoms with Crippen LogP contribution in [-0.4, -0.2) is 23.0 Å². The van der Waals surface area contributed by atoms with Crippen LogP contribution in [-0.2, 0) is 15.0 Å². The third-order valence-electron chi connectivity index (χ3n) is 3.30. The number of carboxylic acids is 1. The second kappa shape index (κ2) is 4.44. The highest BCUT2D eigenvalue weighted by Gasteiger charge is 2.48. The summed E-state index contributed by atoms with van der Waals surface area (Å²) in [5, 5.41) is 12.4. The van der Waals surface area contributed by atoms with Gasteiger partial charge in [0.05, 0.1) is 10.0 Å². The number of benzene rings is 1. The molecule has 1 aliphatic heterocycles. The van der Waals surface area contributed by atoms with Gasteiger partial charge in [0.15, 0.2) is 0 Å². The van der Waals surface area contributed by atoms with E-state index >= 15 is 0 Å². The molecule has 1 aromatic rings. The number of hydrogen-bond acceptors (Lipinski definition) is 2. The highest BCUT2D eigenvalue weighted by molar-refractivity contribution is 6.42. The molecule has 2 N–H and O–H groups in total.